The van der Waals surface area contributed by atoms with Crippen molar-refractivity contribution >= 4 is 22.2 Å². The Hall–Kier alpha value is -3.20. The molecular weight excluding hydrogens is 413 g/mol. The van der Waals surface area contributed by atoms with Crippen molar-refractivity contribution in [3.05, 3.63) is 77.2 Å². The summed E-state index contributed by atoms with van der Waals surface area (Å²) in [5.74, 6) is -0.249. The van der Waals surface area contributed by atoms with Gasteiger partial charge in [0.1, 0.15) is 5.69 Å². The lowest BCUT2D eigenvalue weighted by atomic mass is 10.1. The fourth-order valence-corrected chi connectivity index (χ4v) is 4.02. The van der Waals surface area contributed by atoms with Crippen LogP contribution in [0.2, 0.25) is 0 Å². The maximum Gasteiger partial charge on any atom is 0.416 e. The minimum Gasteiger partial charge on any atom is -0.344 e. The van der Waals surface area contributed by atoms with Crippen molar-refractivity contribution in [3.63, 3.8) is 0 Å². The van der Waals surface area contributed by atoms with E-state index in [1.165, 1.54) is 23.5 Å². The smallest absolute Gasteiger partial charge is 0.344 e. The molecule has 0 fully saturated rings. The first kappa shape index (κ1) is 20.1. The maximum absolute atomic E-state index is 12.9. The fraction of sp³-hybridized carbons (Fsp3) is 0.190. The number of imidazole rings is 1. The molecule has 154 valence electrons. The molecule has 0 spiro atoms. The number of alkyl halides is 3. The molecule has 4 aromatic rings. The number of rotatable bonds is 5. The third-order valence-corrected chi connectivity index (χ3v) is 5.61. The van der Waals surface area contributed by atoms with Crippen LogP contribution in [0.5, 0.6) is 0 Å². The highest BCUT2D eigenvalue weighted by atomic mass is 32.1. The molecule has 1 amide bonds. The zero-order valence-corrected chi connectivity index (χ0v) is 16.7. The molecule has 1 N–H and O–H groups in total. The lowest BCUT2D eigenvalue weighted by Gasteiger charge is -2.16. The second-order valence-electron chi connectivity index (χ2n) is 6.69. The third-order valence-electron chi connectivity index (χ3n) is 4.77. The molecule has 0 bridgehead atoms. The van der Waals surface area contributed by atoms with Crippen LogP contribution in [0.3, 0.4) is 0 Å². The van der Waals surface area contributed by atoms with Gasteiger partial charge in [-0.05, 0) is 36.2 Å². The number of amides is 1. The first-order valence-corrected chi connectivity index (χ1v) is 10.1. The molecule has 9 heteroatoms. The largest absolute Gasteiger partial charge is 0.416 e. The molecule has 0 aliphatic rings. The zero-order chi connectivity index (χ0) is 21.3. The summed E-state index contributed by atoms with van der Waals surface area (Å²) in [5, 5.41) is 4.73. The number of carbonyl (C=O) groups is 1. The Balaban J connectivity index is 1.59. The lowest BCUT2D eigenvalue weighted by Crippen LogP contribution is -2.29. The Bertz CT molecular complexity index is 1170. The van der Waals surface area contributed by atoms with Gasteiger partial charge in [0, 0.05) is 29.5 Å². The van der Waals surface area contributed by atoms with E-state index in [9.17, 15) is 18.0 Å². The van der Waals surface area contributed by atoms with Gasteiger partial charge < -0.3 is 5.32 Å². The topological polar surface area (TPSA) is 59.3 Å². The average Bonchev–Trinajstić information content (AvgIpc) is 3.33. The number of aromatic nitrogens is 3. The van der Waals surface area contributed by atoms with E-state index in [4.69, 9.17) is 0 Å². The summed E-state index contributed by atoms with van der Waals surface area (Å²) in [4.78, 5) is 21.9. The predicted octanol–water partition coefficient (Wildman–Crippen LogP) is 5.36. The van der Waals surface area contributed by atoms with Crippen LogP contribution < -0.4 is 5.32 Å². The molecule has 0 saturated heterocycles. The minimum absolute atomic E-state index is 0.159. The first-order chi connectivity index (χ1) is 14.4. The predicted molar refractivity (Wildman–Crippen MR) is 108 cm³/mol. The molecule has 3 heterocycles. The van der Waals surface area contributed by atoms with Gasteiger partial charge in [-0.2, -0.15) is 13.2 Å². The van der Waals surface area contributed by atoms with Gasteiger partial charge in [-0.25, -0.2) is 4.98 Å². The van der Waals surface area contributed by atoms with Crippen molar-refractivity contribution < 1.29 is 18.0 Å². The number of nitrogens with one attached hydrogen (secondary N) is 1. The molecular formula is C21H17F3N4OS. The average molecular weight is 430 g/mol. The summed E-state index contributed by atoms with van der Waals surface area (Å²) in [6.07, 6.45) is 1.35. The lowest BCUT2D eigenvalue weighted by molar-refractivity contribution is -0.137. The molecule has 0 aliphatic heterocycles. The van der Waals surface area contributed by atoms with E-state index in [0.29, 0.717) is 28.3 Å². The summed E-state index contributed by atoms with van der Waals surface area (Å²) >= 11 is 1.30. The number of benzene rings is 1. The molecule has 0 saturated carbocycles. The van der Waals surface area contributed by atoms with E-state index in [1.54, 1.807) is 28.4 Å². The highest BCUT2D eigenvalue weighted by molar-refractivity contribution is 7.15. The van der Waals surface area contributed by atoms with Crippen molar-refractivity contribution in [2.45, 2.75) is 25.6 Å². The highest BCUT2D eigenvalue weighted by Gasteiger charge is 2.30. The van der Waals surface area contributed by atoms with Crippen molar-refractivity contribution in [2.75, 3.05) is 0 Å². The van der Waals surface area contributed by atoms with E-state index >= 15 is 0 Å². The monoisotopic (exact) mass is 430 g/mol. The number of nitrogens with zero attached hydrogens (tertiary/aromatic N) is 3. The maximum atomic E-state index is 12.9. The van der Waals surface area contributed by atoms with Crippen LogP contribution >= 0.6 is 11.3 Å². The highest BCUT2D eigenvalue weighted by Crippen LogP contribution is 2.31. The van der Waals surface area contributed by atoms with E-state index in [2.05, 4.69) is 15.3 Å². The second-order valence-corrected chi connectivity index (χ2v) is 7.53. The van der Waals surface area contributed by atoms with Crippen molar-refractivity contribution in [3.8, 4) is 11.3 Å². The number of hydrogen-bond acceptors (Lipinski definition) is 4. The third kappa shape index (κ3) is 3.93. The summed E-state index contributed by atoms with van der Waals surface area (Å²) in [6.45, 7) is 1.98. The summed E-state index contributed by atoms with van der Waals surface area (Å²) in [5.41, 5.74) is 1.73. The Kier molecular flexibility index (Phi) is 5.29. The van der Waals surface area contributed by atoms with E-state index < -0.39 is 11.7 Å². The van der Waals surface area contributed by atoms with Crippen LogP contribution in [0.1, 0.15) is 41.0 Å². The molecule has 0 unspecified atom stereocenters. The zero-order valence-electron chi connectivity index (χ0n) is 15.8. The number of thiazole rings is 1. The van der Waals surface area contributed by atoms with Crippen LogP contribution in [0.4, 0.5) is 13.2 Å². The number of fused-ring (bicyclic) bond motifs is 1. The van der Waals surface area contributed by atoms with Gasteiger partial charge in [0.25, 0.3) is 5.91 Å². The summed E-state index contributed by atoms with van der Waals surface area (Å²) in [6, 6.07) is 8.37. The molecule has 0 radical (unpaired) electrons. The van der Waals surface area contributed by atoms with Gasteiger partial charge in [-0.3, -0.25) is 14.2 Å². The van der Waals surface area contributed by atoms with E-state index in [0.717, 1.165) is 17.7 Å². The van der Waals surface area contributed by atoms with Gasteiger partial charge in [0.05, 0.1) is 17.3 Å². The Labute approximate surface area is 174 Å². The van der Waals surface area contributed by atoms with Gasteiger partial charge in [-0.1, -0.05) is 19.1 Å². The first-order valence-electron chi connectivity index (χ1n) is 9.22. The van der Waals surface area contributed by atoms with Crippen LogP contribution in [-0.4, -0.2) is 20.3 Å². The van der Waals surface area contributed by atoms with Crippen molar-refractivity contribution in [1.82, 2.24) is 19.7 Å². The number of pyridine rings is 1. The summed E-state index contributed by atoms with van der Waals surface area (Å²) in [7, 11) is 0. The van der Waals surface area contributed by atoms with Gasteiger partial charge in [-0.15, -0.1) is 11.3 Å². The molecule has 3 aromatic heterocycles. The molecule has 4 rings (SSSR count). The quantitative estimate of drug-likeness (QED) is 0.464. The summed E-state index contributed by atoms with van der Waals surface area (Å²) < 4.78 is 40.0. The Morgan fingerprint density at radius 1 is 1.17 bits per heavy atom. The fourth-order valence-electron chi connectivity index (χ4n) is 3.17. The Morgan fingerprint density at radius 3 is 2.50 bits per heavy atom. The van der Waals surface area contributed by atoms with Gasteiger partial charge >= 0.3 is 6.18 Å². The molecule has 5 nitrogen and oxygen atoms in total. The minimum atomic E-state index is -4.39. The number of hydrogen-bond donors (Lipinski definition) is 1. The molecule has 1 atom stereocenters. The van der Waals surface area contributed by atoms with E-state index in [1.807, 2.05) is 19.1 Å². The number of halogens is 3. The van der Waals surface area contributed by atoms with Crippen LogP contribution in [0.15, 0.2) is 60.4 Å². The molecule has 0 aliphatic carbocycles. The van der Waals surface area contributed by atoms with Gasteiger partial charge in [0.2, 0.25) is 0 Å². The SMILES string of the molecule is CC[C@H](NC(=O)c1csc2nc(-c3ccc(C(F)(F)F)cc3)cn12)c1ccncc1. The van der Waals surface area contributed by atoms with Crippen molar-refractivity contribution in [2.24, 2.45) is 0 Å². The van der Waals surface area contributed by atoms with Crippen LogP contribution in [0.25, 0.3) is 16.2 Å². The molecule has 1 aromatic carbocycles. The van der Waals surface area contributed by atoms with Crippen LogP contribution in [-0.2, 0) is 6.18 Å². The van der Waals surface area contributed by atoms with E-state index in [-0.39, 0.29) is 11.9 Å². The van der Waals surface area contributed by atoms with Crippen molar-refractivity contribution in [1.29, 1.82) is 0 Å². The molecule has 30 heavy (non-hydrogen) atoms. The Morgan fingerprint density at radius 2 is 1.87 bits per heavy atom. The standard InChI is InChI=1S/C21H17F3N4OS/c1-2-16(14-7-9-25-10-8-14)26-19(29)18-12-30-20-27-17(11-28(18)20)13-3-5-15(6-4-13)21(22,23)24/h3-12,16H,2H2,1H3,(H,26,29)/t16-/m0/s1. The normalized spacial score (nSPS) is 12.8. The number of carbonyl (C=O) groups excluding carboxylic acids is 1. The second kappa shape index (κ2) is 7.91. The van der Waals surface area contributed by atoms with Gasteiger partial charge in [0.15, 0.2) is 4.96 Å². The van der Waals surface area contributed by atoms with Crippen LogP contribution in [0, 0.1) is 0 Å².